The van der Waals surface area contributed by atoms with Crippen LogP contribution in [0.25, 0.3) is 27.9 Å². The number of ether oxygens (including phenoxy) is 1. The number of nitrogens with one attached hydrogen (secondary N) is 1. The first kappa shape index (κ1) is 16.4. The number of aromatic nitrogens is 2. The fourth-order valence-corrected chi connectivity index (χ4v) is 3.21. The molecule has 0 aliphatic heterocycles. The molecule has 1 N–H and O–H groups in total. The molecule has 0 saturated heterocycles. The number of hydrogen-bond donors (Lipinski definition) is 1. The number of aromatic amines is 1. The molecule has 6 heteroatoms. The Hall–Kier alpha value is -3.12. The van der Waals surface area contributed by atoms with Crippen molar-refractivity contribution < 1.29 is 9.15 Å². The molecule has 2 heterocycles. The summed E-state index contributed by atoms with van der Waals surface area (Å²) < 4.78 is 13.1. The summed E-state index contributed by atoms with van der Waals surface area (Å²) in [6.07, 6.45) is 1.79. The zero-order chi connectivity index (χ0) is 18.3. The number of hydrogen-bond acceptors (Lipinski definition) is 4. The molecule has 0 unspecified atom stereocenters. The molecule has 0 aliphatic carbocycles. The fraction of sp³-hybridized carbons (Fsp3) is 0.100. The van der Waals surface area contributed by atoms with Crippen LogP contribution in [0.3, 0.4) is 0 Å². The van der Waals surface area contributed by atoms with Gasteiger partial charge >= 0.3 is 5.63 Å². The summed E-state index contributed by atoms with van der Waals surface area (Å²) in [5.41, 5.74) is 3.06. The van der Waals surface area contributed by atoms with E-state index in [4.69, 9.17) is 21.4 Å². The molecule has 0 spiro atoms. The zero-order valence-corrected chi connectivity index (χ0v) is 15.1. The van der Waals surface area contributed by atoms with Gasteiger partial charge in [0.1, 0.15) is 11.3 Å². The lowest BCUT2D eigenvalue weighted by atomic mass is 10.1. The molecule has 0 aliphatic rings. The number of benzene rings is 2. The topological polar surface area (TPSA) is 60.2 Å². The van der Waals surface area contributed by atoms with Crippen molar-refractivity contribution in [3.8, 4) is 22.7 Å². The van der Waals surface area contributed by atoms with E-state index in [1.165, 1.54) is 0 Å². The maximum absolute atomic E-state index is 12.4. The Labute approximate surface area is 154 Å². The molecule has 2 aromatic heterocycles. The predicted octanol–water partition coefficient (Wildman–Crippen LogP) is 4.63. The minimum atomic E-state index is -0.414. The third-order valence-electron chi connectivity index (χ3n) is 4.24. The molecule has 4 aromatic rings. The molecule has 0 saturated carbocycles. The van der Waals surface area contributed by atoms with Gasteiger partial charge in [0.05, 0.1) is 24.1 Å². The van der Waals surface area contributed by atoms with Gasteiger partial charge in [0.25, 0.3) is 0 Å². The lowest BCUT2D eigenvalue weighted by Gasteiger charge is -2.09. The second kappa shape index (κ2) is 6.31. The number of aryl methyl sites for hydroxylation is 1. The first-order valence-corrected chi connectivity index (χ1v) is 8.47. The third kappa shape index (κ3) is 2.74. The lowest BCUT2D eigenvalue weighted by Crippen LogP contribution is -2.02. The Bertz CT molecular complexity index is 1230. The lowest BCUT2D eigenvalue weighted by molar-refractivity contribution is 0.412. The molecule has 2 aromatic carbocycles. The van der Waals surface area contributed by atoms with Crippen LogP contribution in [0.5, 0.6) is 5.75 Å². The van der Waals surface area contributed by atoms with E-state index in [1.807, 2.05) is 43.3 Å². The van der Waals surface area contributed by atoms with E-state index >= 15 is 0 Å². The molecule has 0 fully saturated rings. The maximum atomic E-state index is 12.4. The summed E-state index contributed by atoms with van der Waals surface area (Å²) in [6, 6.07) is 15.0. The molecule has 130 valence electrons. The summed E-state index contributed by atoms with van der Waals surface area (Å²) in [4.78, 5) is 15.5. The van der Waals surface area contributed by atoms with Gasteiger partial charge in [0.2, 0.25) is 0 Å². The minimum Gasteiger partial charge on any atom is -0.495 e. The number of rotatable bonds is 3. The maximum Gasteiger partial charge on any atom is 0.345 e. The summed E-state index contributed by atoms with van der Waals surface area (Å²) in [5, 5.41) is 0.849. The monoisotopic (exact) mass is 364 g/mol. The van der Waals surface area contributed by atoms with E-state index in [0.29, 0.717) is 27.4 Å². The average molecular weight is 364 g/mol. The van der Waals surface area contributed by atoms with Crippen molar-refractivity contribution in [1.29, 1.82) is 0 Å². The Balaban J connectivity index is 1.91. The van der Waals surface area contributed by atoms with Crippen LogP contribution in [0.1, 0.15) is 5.56 Å². The molecule has 0 bridgehead atoms. The van der Waals surface area contributed by atoms with E-state index in [1.54, 1.807) is 30.0 Å². The highest BCUT2D eigenvalue weighted by atomic mass is 32.1. The van der Waals surface area contributed by atoms with Crippen molar-refractivity contribution in [2.24, 2.45) is 0 Å². The van der Waals surface area contributed by atoms with Gasteiger partial charge in [-0.2, -0.15) is 0 Å². The summed E-state index contributed by atoms with van der Waals surface area (Å²) in [7, 11) is 1.61. The van der Waals surface area contributed by atoms with Crippen molar-refractivity contribution in [1.82, 2.24) is 9.55 Å². The van der Waals surface area contributed by atoms with Crippen LogP contribution < -0.4 is 10.4 Å². The van der Waals surface area contributed by atoms with Crippen LogP contribution in [-0.4, -0.2) is 16.7 Å². The first-order chi connectivity index (χ1) is 12.6. The normalized spacial score (nSPS) is 11.0. The van der Waals surface area contributed by atoms with Gasteiger partial charge in [-0.1, -0.05) is 24.3 Å². The van der Waals surface area contributed by atoms with Crippen molar-refractivity contribution >= 4 is 23.2 Å². The van der Waals surface area contributed by atoms with Crippen molar-refractivity contribution in [3.63, 3.8) is 0 Å². The van der Waals surface area contributed by atoms with E-state index in [-0.39, 0.29) is 0 Å². The largest absolute Gasteiger partial charge is 0.495 e. The highest BCUT2D eigenvalue weighted by molar-refractivity contribution is 7.71. The number of methoxy groups -OCH3 is 1. The quantitative estimate of drug-likeness (QED) is 0.425. The standard InChI is InChI=1S/C20H16N2O3S/c1-12-7-8-18(24-2)16(9-12)22-11-15(21-20(22)26)14-10-13-5-3-4-6-17(13)25-19(14)23/h3-11H,1-2H3,(H,21,26). The highest BCUT2D eigenvalue weighted by Gasteiger charge is 2.13. The van der Waals surface area contributed by atoms with Gasteiger partial charge in [-0.25, -0.2) is 4.79 Å². The zero-order valence-electron chi connectivity index (χ0n) is 14.3. The molecule has 0 amide bonds. The number of imidazole rings is 1. The molecule has 0 radical (unpaired) electrons. The van der Waals surface area contributed by atoms with Crippen LogP contribution >= 0.6 is 12.2 Å². The van der Waals surface area contributed by atoms with E-state index < -0.39 is 5.63 Å². The summed E-state index contributed by atoms with van der Waals surface area (Å²) >= 11 is 5.46. The van der Waals surface area contributed by atoms with Crippen LogP contribution in [-0.2, 0) is 0 Å². The fourth-order valence-electron chi connectivity index (χ4n) is 2.95. The second-order valence-corrected chi connectivity index (χ2v) is 6.39. The second-order valence-electron chi connectivity index (χ2n) is 6.00. The molecule has 0 atom stereocenters. The van der Waals surface area contributed by atoms with Crippen LogP contribution in [0.15, 0.2) is 63.9 Å². The first-order valence-electron chi connectivity index (χ1n) is 8.07. The van der Waals surface area contributed by atoms with Gasteiger partial charge in [0, 0.05) is 11.6 Å². The minimum absolute atomic E-state index is 0.414. The number of fused-ring (bicyclic) bond motifs is 1. The molecular weight excluding hydrogens is 348 g/mol. The number of H-pyrrole nitrogens is 1. The summed E-state index contributed by atoms with van der Waals surface area (Å²) in [6.45, 7) is 2.00. The van der Waals surface area contributed by atoms with Crippen LogP contribution in [0.4, 0.5) is 0 Å². The average Bonchev–Trinajstić information content (AvgIpc) is 3.02. The predicted molar refractivity (Wildman–Crippen MR) is 104 cm³/mol. The van der Waals surface area contributed by atoms with E-state index in [9.17, 15) is 4.79 Å². The SMILES string of the molecule is COc1ccc(C)cc1-n1cc(-c2cc3ccccc3oc2=O)[nH]c1=S. The molecular formula is C20H16N2O3S. The Morgan fingerprint density at radius 3 is 2.77 bits per heavy atom. The molecule has 4 rings (SSSR count). The number of nitrogens with zero attached hydrogens (tertiary/aromatic N) is 1. The van der Waals surface area contributed by atoms with Gasteiger partial charge in [-0.15, -0.1) is 0 Å². The molecule has 5 nitrogen and oxygen atoms in total. The van der Waals surface area contributed by atoms with Gasteiger partial charge < -0.3 is 14.1 Å². The highest BCUT2D eigenvalue weighted by Crippen LogP contribution is 2.27. The van der Waals surface area contributed by atoms with Crippen molar-refractivity contribution in [3.05, 3.63) is 75.5 Å². The Morgan fingerprint density at radius 2 is 1.96 bits per heavy atom. The summed E-state index contributed by atoms with van der Waals surface area (Å²) in [5.74, 6) is 0.697. The Kier molecular flexibility index (Phi) is 3.97. The van der Waals surface area contributed by atoms with Crippen molar-refractivity contribution in [2.75, 3.05) is 7.11 Å². The van der Waals surface area contributed by atoms with Crippen LogP contribution in [0.2, 0.25) is 0 Å². The molecule has 26 heavy (non-hydrogen) atoms. The van der Waals surface area contributed by atoms with Crippen molar-refractivity contribution in [2.45, 2.75) is 6.92 Å². The Morgan fingerprint density at radius 1 is 1.15 bits per heavy atom. The van der Waals surface area contributed by atoms with E-state index in [0.717, 1.165) is 16.6 Å². The third-order valence-corrected chi connectivity index (χ3v) is 4.54. The van der Waals surface area contributed by atoms with E-state index in [2.05, 4.69) is 4.98 Å². The van der Waals surface area contributed by atoms with Gasteiger partial charge in [-0.3, -0.25) is 4.57 Å². The smallest absolute Gasteiger partial charge is 0.345 e. The number of para-hydroxylation sites is 1. The van der Waals surface area contributed by atoms with Gasteiger partial charge in [-0.05, 0) is 49.0 Å². The van der Waals surface area contributed by atoms with Gasteiger partial charge in [0.15, 0.2) is 4.77 Å². The van der Waals surface area contributed by atoms with Crippen LogP contribution in [0, 0.1) is 11.7 Å².